The molecular formula is C12H8ClN3OS. The van der Waals surface area contributed by atoms with Crippen molar-refractivity contribution in [3.05, 3.63) is 41.3 Å². The van der Waals surface area contributed by atoms with E-state index in [0.717, 1.165) is 21.7 Å². The molecule has 0 unspecified atom stereocenters. The number of fused-ring (bicyclic) bond motifs is 1. The summed E-state index contributed by atoms with van der Waals surface area (Å²) in [6.45, 7) is 1.92. The quantitative estimate of drug-likeness (QED) is 0.528. The Kier molecular flexibility index (Phi) is 2.93. The second-order valence-electron chi connectivity index (χ2n) is 3.68. The lowest BCUT2D eigenvalue weighted by molar-refractivity contribution is 0.489. The second kappa shape index (κ2) is 4.59. The largest absolute Gasteiger partial charge is 0.431 e. The van der Waals surface area contributed by atoms with Crippen molar-refractivity contribution >= 4 is 34.5 Å². The summed E-state index contributed by atoms with van der Waals surface area (Å²) >= 11 is 7.12. The third-order valence-corrected chi connectivity index (χ3v) is 3.49. The van der Waals surface area contributed by atoms with Gasteiger partial charge in [-0.3, -0.25) is 0 Å². The van der Waals surface area contributed by atoms with Crippen LogP contribution in [0, 0.1) is 6.92 Å². The van der Waals surface area contributed by atoms with Gasteiger partial charge in [-0.15, -0.1) is 0 Å². The van der Waals surface area contributed by atoms with Gasteiger partial charge in [0.25, 0.3) is 5.22 Å². The number of halogens is 1. The summed E-state index contributed by atoms with van der Waals surface area (Å²) in [4.78, 5) is 12.4. The van der Waals surface area contributed by atoms with E-state index in [9.17, 15) is 0 Å². The smallest absolute Gasteiger partial charge is 0.263 e. The Morgan fingerprint density at radius 1 is 1.22 bits per heavy atom. The second-order valence-corrected chi connectivity index (χ2v) is 4.95. The van der Waals surface area contributed by atoms with E-state index in [1.54, 1.807) is 6.20 Å². The van der Waals surface area contributed by atoms with Crippen LogP contribution in [0.4, 0.5) is 0 Å². The Bertz CT molecular complexity index is 680. The van der Waals surface area contributed by atoms with Gasteiger partial charge in [0.1, 0.15) is 10.5 Å². The number of benzene rings is 1. The molecule has 0 aliphatic heterocycles. The molecule has 0 aliphatic rings. The van der Waals surface area contributed by atoms with E-state index in [4.69, 9.17) is 16.0 Å². The van der Waals surface area contributed by atoms with E-state index >= 15 is 0 Å². The molecule has 1 aromatic carbocycles. The van der Waals surface area contributed by atoms with Crippen LogP contribution in [0.3, 0.4) is 0 Å². The predicted octanol–water partition coefficient (Wildman–Crippen LogP) is 3.73. The highest BCUT2D eigenvalue weighted by Gasteiger charge is 2.10. The normalized spacial score (nSPS) is 11.0. The summed E-state index contributed by atoms with van der Waals surface area (Å²) < 4.78 is 5.62. The highest BCUT2D eigenvalue weighted by molar-refractivity contribution is 7.99. The number of nitrogens with zero attached hydrogens (tertiary/aromatic N) is 3. The summed E-state index contributed by atoms with van der Waals surface area (Å²) in [5, 5.41) is 1.52. The number of aromatic nitrogens is 3. The van der Waals surface area contributed by atoms with Crippen LogP contribution in [0.5, 0.6) is 0 Å². The molecule has 0 radical (unpaired) electrons. The van der Waals surface area contributed by atoms with Gasteiger partial charge >= 0.3 is 0 Å². The van der Waals surface area contributed by atoms with E-state index in [0.29, 0.717) is 5.22 Å². The van der Waals surface area contributed by atoms with Crippen LogP contribution in [0.25, 0.3) is 11.1 Å². The molecule has 0 bridgehead atoms. The molecule has 0 saturated heterocycles. The van der Waals surface area contributed by atoms with Gasteiger partial charge in [0.05, 0.1) is 0 Å². The average molecular weight is 278 g/mol. The molecule has 3 aromatic rings. The minimum absolute atomic E-state index is 0.221. The maximum Gasteiger partial charge on any atom is 0.263 e. The molecule has 0 amide bonds. The minimum Gasteiger partial charge on any atom is -0.431 e. The fourth-order valence-corrected chi connectivity index (χ4v) is 2.46. The average Bonchev–Trinajstić information content (AvgIpc) is 2.76. The lowest BCUT2D eigenvalue weighted by atomic mass is 10.3. The van der Waals surface area contributed by atoms with Gasteiger partial charge in [-0.25, -0.2) is 15.0 Å². The molecule has 0 atom stereocenters. The lowest BCUT2D eigenvalue weighted by Gasteiger charge is -2.00. The number of aryl methyl sites for hydroxylation is 1. The van der Waals surface area contributed by atoms with Crippen molar-refractivity contribution in [2.45, 2.75) is 17.2 Å². The monoisotopic (exact) mass is 277 g/mol. The van der Waals surface area contributed by atoms with Gasteiger partial charge in [0, 0.05) is 11.8 Å². The standard InChI is InChI=1S/C12H8ClN3OS/c1-7-6-14-11(13)16-10(7)18-12-15-8-4-2-3-5-9(8)17-12/h2-6H,1H3. The number of oxazole rings is 1. The Hall–Kier alpha value is -1.59. The highest BCUT2D eigenvalue weighted by atomic mass is 35.5. The molecule has 2 aromatic heterocycles. The summed E-state index contributed by atoms with van der Waals surface area (Å²) in [7, 11) is 0. The molecule has 0 N–H and O–H groups in total. The Morgan fingerprint density at radius 2 is 2.06 bits per heavy atom. The summed E-state index contributed by atoms with van der Waals surface area (Å²) in [5.41, 5.74) is 2.53. The van der Waals surface area contributed by atoms with E-state index in [-0.39, 0.29) is 5.28 Å². The molecular weight excluding hydrogens is 270 g/mol. The molecule has 0 saturated carbocycles. The molecule has 18 heavy (non-hydrogen) atoms. The zero-order valence-corrected chi connectivity index (χ0v) is 11.0. The molecule has 6 heteroatoms. The highest BCUT2D eigenvalue weighted by Crippen LogP contribution is 2.30. The molecule has 90 valence electrons. The number of hydrogen-bond acceptors (Lipinski definition) is 5. The predicted molar refractivity (Wildman–Crippen MR) is 69.9 cm³/mol. The maximum absolute atomic E-state index is 5.78. The van der Waals surface area contributed by atoms with Gasteiger partial charge in [-0.05, 0) is 42.4 Å². The number of rotatable bonds is 2. The van der Waals surface area contributed by atoms with Gasteiger partial charge in [-0.2, -0.15) is 0 Å². The molecule has 3 rings (SSSR count). The van der Waals surface area contributed by atoms with Crippen molar-refractivity contribution in [3.8, 4) is 0 Å². The van der Waals surface area contributed by atoms with Crippen LogP contribution in [0.2, 0.25) is 5.28 Å². The van der Waals surface area contributed by atoms with Crippen LogP contribution in [0.15, 0.2) is 45.1 Å². The van der Waals surface area contributed by atoms with Crippen molar-refractivity contribution < 1.29 is 4.42 Å². The zero-order chi connectivity index (χ0) is 12.5. The fraction of sp³-hybridized carbons (Fsp3) is 0.0833. The molecule has 0 aliphatic carbocycles. The van der Waals surface area contributed by atoms with Gasteiger partial charge < -0.3 is 4.42 Å². The number of para-hydroxylation sites is 2. The van der Waals surface area contributed by atoms with Gasteiger partial charge in [0.15, 0.2) is 5.58 Å². The van der Waals surface area contributed by atoms with Gasteiger partial charge in [-0.1, -0.05) is 12.1 Å². The molecule has 0 spiro atoms. The van der Waals surface area contributed by atoms with E-state index in [1.165, 1.54) is 11.8 Å². The van der Waals surface area contributed by atoms with Crippen molar-refractivity contribution in [2.24, 2.45) is 0 Å². The lowest BCUT2D eigenvalue weighted by Crippen LogP contribution is -1.89. The first kappa shape index (κ1) is 11.5. The van der Waals surface area contributed by atoms with Crippen molar-refractivity contribution in [3.63, 3.8) is 0 Å². The summed E-state index contributed by atoms with van der Waals surface area (Å²) in [6.07, 6.45) is 1.68. The summed E-state index contributed by atoms with van der Waals surface area (Å²) in [5.74, 6) is 0. The van der Waals surface area contributed by atoms with Crippen molar-refractivity contribution in [1.82, 2.24) is 15.0 Å². The van der Waals surface area contributed by atoms with Crippen LogP contribution < -0.4 is 0 Å². The summed E-state index contributed by atoms with van der Waals surface area (Å²) in [6, 6.07) is 7.62. The fourth-order valence-electron chi connectivity index (χ4n) is 1.49. The first-order chi connectivity index (χ1) is 8.72. The Morgan fingerprint density at radius 3 is 2.89 bits per heavy atom. The minimum atomic E-state index is 0.221. The first-order valence-corrected chi connectivity index (χ1v) is 6.44. The van der Waals surface area contributed by atoms with Crippen LogP contribution in [-0.4, -0.2) is 15.0 Å². The first-order valence-electron chi connectivity index (χ1n) is 5.25. The van der Waals surface area contributed by atoms with Crippen LogP contribution in [-0.2, 0) is 0 Å². The third-order valence-electron chi connectivity index (χ3n) is 2.35. The van der Waals surface area contributed by atoms with E-state index in [2.05, 4.69) is 15.0 Å². The number of hydrogen-bond donors (Lipinski definition) is 0. The van der Waals surface area contributed by atoms with Crippen molar-refractivity contribution in [1.29, 1.82) is 0 Å². The zero-order valence-electron chi connectivity index (χ0n) is 9.42. The van der Waals surface area contributed by atoms with E-state index in [1.807, 2.05) is 31.2 Å². The maximum atomic E-state index is 5.78. The van der Waals surface area contributed by atoms with Gasteiger partial charge in [0.2, 0.25) is 5.28 Å². The Labute approximate surface area is 112 Å². The van der Waals surface area contributed by atoms with Crippen molar-refractivity contribution in [2.75, 3.05) is 0 Å². The topological polar surface area (TPSA) is 51.8 Å². The van der Waals surface area contributed by atoms with Crippen LogP contribution in [0.1, 0.15) is 5.56 Å². The SMILES string of the molecule is Cc1cnc(Cl)nc1Sc1nc2ccccc2o1. The Balaban J connectivity index is 1.98. The van der Waals surface area contributed by atoms with Crippen LogP contribution >= 0.6 is 23.4 Å². The molecule has 4 nitrogen and oxygen atoms in total. The molecule has 0 fully saturated rings. The van der Waals surface area contributed by atoms with E-state index < -0.39 is 0 Å². The molecule has 2 heterocycles. The third kappa shape index (κ3) is 2.19.